The van der Waals surface area contributed by atoms with Crippen LogP contribution in [0.1, 0.15) is 5.69 Å². The zero-order valence-electron chi connectivity index (χ0n) is 8.87. The molecule has 0 aliphatic carbocycles. The number of thiazole rings is 1. The summed E-state index contributed by atoms with van der Waals surface area (Å²) in [5, 5.41) is 15.5. The number of nitro groups is 1. The molecule has 2 rings (SSSR count). The molecule has 2 aromatic heterocycles. The van der Waals surface area contributed by atoms with E-state index in [1.807, 2.05) is 5.38 Å². The van der Waals surface area contributed by atoms with E-state index >= 15 is 0 Å². The molecule has 0 saturated carbocycles. The van der Waals surface area contributed by atoms with Crippen molar-refractivity contribution in [2.45, 2.75) is 6.42 Å². The summed E-state index contributed by atoms with van der Waals surface area (Å²) in [5.41, 5.74) is 3.60. The maximum Gasteiger partial charge on any atom is 0.363 e. The molecule has 0 amide bonds. The zero-order chi connectivity index (χ0) is 12.1. The minimum absolute atomic E-state index is 0.143. The summed E-state index contributed by atoms with van der Waals surface area (Å²) in [6.45, 7) is 0.725. The average Bonchev–Trinajstić information content (AvgIpc) is 2.83. The molecule has 0 unspecified atom stereocenters. The van der Waals surface area contributed by atoms with Gasteiger partial charge in [-0.25, -0.2) is 4.98 Å². The van der Waals surface area contributed by atoms with Crippen LogP contribution >= 0.6 is 11.3 Å². The number of pyridine rings is 1. The molecule has 88 valence electrons. The SMILES string of the molecule is O=[N+]([O-])c1ccc(NCCc2cscn2)cn1. The number of aromatic nitrogens is 2. The molecule has 0 spiro atoms. The van der Waals surface area contributed by atoms with Crippen LogP contribution in [-0.4, -0.2) is 21.4 Å². The second-order valence-electron chi connectivity index (χ2n) is 3.32. The van der Waals surface area contributed by atoms with Crippen molar-refractivity contribution in [3.8, 4) is 0 Å². The average molecular weight is 250 g/mol. The fraction of sp³-hybridized carbons (Fsp3) is 0.200. The zero-order valence-corrected chi connectivity index (χ0v) is 9.68. The molecule has 0 atom stereocenters. The number of rotatable bonds is 5. The van der Waals surface area contributed by atoms with Crippen molar-refractivity contribution in [2.24, 2.45) is 0 Å². The lowest BCUT2D eigenvalue weighted by atomic mass is 10.3. The van der Waals surface area contributed by atoms with Crippen molar-refractivity contribution in [3.05, 3.63) is 45.0 Å². The lowest BCUT2D eigenvalue weighted by molar-refractivity contribution is -0.389. The van der Waals surface area contributed by atoms with E-state index in [9.17, 15) is 10.1 Å². The Labute approximate surface area is 102 Å². The molecule has 2 heterocycles. The summed E-state index contributed by atoms with van der Waals surface area (Å²) in [7, 11) is 0. The van der Waals surface area contributed by atoms with E-state index < -0.39 is 4.92 Å². The van der Waals surface area contributed by atoms with Crippen LogP contribution in [0.2, 0.25) is 0 Å². The lowest BCUT2D eigenvalue weighted by Crippen LogP contribution is -2.05. The van der Waals surface area contributed by atoms with Gasteiger partial charge >= 0.3 is 5.82 Å². The van der Waals surface area contributed by atoms with Crippen LogP contribution in [0.15, 0.2) is 29.2 Å². The Hall–Kier alpha value is -2.02. The Balaban J connectivity index is 1.85. The second-order valence-corrected chi connectivity index (χ2v) is 4.04. The summed E-state index contributed by atoms with van der Waals surface area (Å²) in [6, 6.07) is 3.03. The van der Waals surface area contributed by atoms with Crippen LogP contribution < -0.4 is 5.32 Å². The topological polar surface area (TPSA) is 81.0 Å². The summed E-state index contributed by atoms with van der Waals surface area (Å²) in [5.74, 6) is -0.143. The Morgan fingerprint density at radius 1 is 1.41 bits per heavy atom. The molecule has 7 heteroatoms. The van der Waals surface area contributed by atoms with Gasteiger partial charge in [0, 0.05) is 24.4 Å². The maximum absolute atomic E-state index is 10.4. The van der Waals surface area contributed by atoms with E-state index in [0.717, 1.165) is 24.3 Å². The number of hydrogen-bond donors (Lipinski definition) is 1. The first-order valence-electron chi connectivity index (χ1n) is 4.97. The fourth-order valence-electron chi connectivity index (χ4n) is 1.29. The van der Waals surface area contributed by atoms with Crippen LogP contribution in [0.5, 0.6) is 0 Å². The second kappa shape index (κ2) is 5.35. The van der Waals surface area contributed by atoms with Crippen molar-refractivity contribution in [3.63, 3.8) is 0 Å². The van der Waals surface area contributed by atoms with Crippen LogP contribution in [0.3, 0.4) is 0 Å². The molecule has 0 fully saturated rings. The minimum Gasteiger partial charge on any atom is -0.382 e. The van der Waals surface area contributed by atoms with Gasteiger partial charge in [-0.15, -0.1) is 11.3 Å². The fourth-order valence-corrected chi connectivity index (χ4v) is 1.89. The van der Waals surface area contributed by atoms with Crippen molar-refractivity contribution >= 4 is 22.8 Å². The summed E-state index contributed by atoms with van der Waals surface area (Å²) in [4.78, 5) is 17.8. The summed E-state index contributed by atoms with van der Waals surface area (Å²) in [6.07, 6.45) is 2.28. The molecular weight excluding hydrogens is 240 g/mol. The molecule has 6 nitrogen and oxygen atoms in total. The van der Waals surface area contributed by atoms with E-state index in [4.69, 9.17) is 0 Å². The molecule has 0 radical (unpaired) electrons. The predicted molar refractivity (Wildman–Crippen MR) is 65.2 cm³/mol. The van der Waals surface area contributed by atoms with Crippen LogP contribution in [-0.2, 0) is 6.42 Å². The van der Waals surface area contributed by atoms with Gasteiger partial charge in [0.15, 0.2) is 6.20 Å². The first-order chi connectivity index (χ1) is 8.25. The van der Waals surface area contributed by atoms with Gasteiger partial charge in [-0.3, -0.25) is 0 Å². The highest BCUT2D eigenvalue weighted by atomic mass is 32.1. The van der Waals surface area contributed by atoms with Gasteiger partial charge in [-0.1, -0.05) is 0 Å². The first-order valence-corrected chi connectivity index (χ1v) is 5.91. The van der Waals surface area contributed by atoms with Gasteiger partial charge in [0.25, 0.3) is 0 Å². The van der Waals surface area contributed by atoms with Gasteiger partial charge in [-0.05, 0) is 16.0 Å². The Bertz CT molecular complexity index is 484. The van der Waals surface area contributed by atoms with Crippen molar-refractivity contribution < 1.29 is 4.92 Å². The summed E-state index contributed by atoms with van der Waals surface area (Å²) < 4.78 is 0. The number of hydrogen-bond acceptors (Lipinski definition) is 6. The predicted octanol–water partition coefficient (Wildman–Crippen LogP) is 2.10. The van der Waals surface area contributed by atoms with Gasteiger partial charge in [-0.2, -0.15) is 0 Å². The number of nitrogens with one attached hydrogen (secondary N) is 1. The lowest BCUT2D eigenvalue weighted by Gasteiger charge is -2.02. The number of nitrogens with zero attached hydrogens (tertiary/aromatic N) is 3. The third kappa shape index (κ3) is 3.22. The Morgan fingerprint density at radius 3 is 2.88 bits per heavy atom. The standard InChI is InChI=1S/C10H10N4O2S/c15-14(16)10-2-1-8(5-12-10)11-4-3-9-6-17-7-13-9/h1-2,5-7,11H,3-4H2. The molecule has 0 aliphatic heterocycles. The normalized spacial score (nSPS) is 10.1. The Kier molecular flexibility index (Phi) is 3.61. The van der Waals surface area contributed by atoms with Crippen LogP contribution in [0.4, 0.5) is 11.5 Å². The van der Waals surface area contributed by atoms with Crippen LogP contribution in [0.25, 0.3) is 0 Å². The van der Waals surface area contributed by atoms with Crippen molar-refractivity contribution in [1.29, 1.82) is 0 Å². The van der Waals surface area contributed by atoms with E-state index in [2.05, 4.69) is 15.3 Å². The summed E-state index contributed by atoms with van der Waals surface area (Å²) >= 11 is 1.56. The molecule has 0 aromatic carbocycles. The Morgan fingerprint density at radius 2 is 2.29 bits per heavy atom. The van der Waals surface area contributed by atoms with E-state index in [1.165, 1.54) is 12.3 Å². The molecule has 2 aromatic rings. The monoisotopic (exact) mass is 250 g/mol. The van der Waals surface area contributed by atoms with Crippen LogP contribution in [0, 0.1) is 10.1 Å². The molecule has 0 aliphatic rings. The third-order valence-corrected chi connectivity index (χ3v) is 2.76. The van der Waals surface area contributed by atoms with Gasteiger partial charge in [0.2, 0.25) is 0 Å². The van der Waals surface area contributed by atoms with Crippen molar-refractivity contribution in [1.82, 2.24) is 9.97 Å². The molecule has 0 saturated heterocycles. The van der Waals surface area contributed by atoms with Gasteiger partial charge in [0.1, 0.15) is 0 Å². The van der Waals surface area contributed by atoms with Gasteiger partial charge < -0.3 is 15.4 Å². The van der Waals surface area contributed by atoms with E-state index in [-0.39, 0.29) is 5.82 Å². The van der Waals surface area contributed by atoms with Crippen molar-refractivity contribution in [2.75, 3.05) is 11.9 Å². The largest absolute Gasteiger partial charge is 0.382 e. The highest BCUT2D eigenvalue weighted by Gasteiger charge is 2.05. The first kappa shape index (κ1) is 11.5. The van der Waals surface area contributed by atoms with E-state index in [0.29, 0.717) is 0 Å². The highest BCUT2D eigenvalue weighted by Crippen LogP contribution is 2.11. The maximum atomic E-state index is 10.4. The molecule has 0 bridgehead atoms. The van der Waals surface area contributed by atoms with Gasteiger partial charge in [0.05, 0.1) is 16.9 Å². The quantitative estimate of drug-likeness (QED) is 0.649. The van der Waals surface area contributed by atoms with E-state index in [1.54, 1.807) is 22.9 Å². The number of anilines is 1. The molecule has 17 heavy (non-hydrogen) atoms. The highest BCUT2D eigenvalue weighted by molar-refractivity contribution is 7.07. The minimum atomic E-state index is -0.515. The molecule has 1 N–H and O–H groups in total. The third-order valence-electron chi connectivity index (χ3n) is 2.13. The smallest absolute Gasteiger partial charge is 0.363 e. The molecular formula is C10H10N4O2S.